The zero-order valence-corrected chi connectivity index (χ0v) is 19.6. The fraction of sp³-hybridized carbons (Fsp3) is 0.640. The van der Waals surface area contributed by atoms with E-state index in [1.165, 1.54) is 6.42 Å². The van der Waals surface area contributed by atoms with Crippen LogP contribution in [0.25, 0.3) is 0 Å². The van der Waals surface area contributed by atoms with Crippen LogP contribution in [0, 0.1) is 5.92 Å². The van der Waals surface area contributed by atoms with Crippen LogP contribution in [0.3, 0.4) is 0 Å². The van der Waals surface area contributed by atoms with Crippen molar-refractivity contribution in [2.45, 2.75) is 76.5 Å². The Morgan fingerprint density at radius 3 is 2.67 bits per heavy atom. The van der Waals surface area contributed by atoms with Gasteiger partial charge in [0, 0.05) is 25.2 Å². The maximum Gasteiger partial charge on any atom is 0.257 e. The molecule has 33 heavy (non-hydrogen) atoms. The summed E-state index contributed by atoms with van der Waals surface area (Å²) in [7, 11) is 1.79. The van der Waals surface area contributed by atoms with E-state index in [2.05, 4.69) is 10.6 Å². The van der Waals surface area contributed by atoms with Gasteiger partial charge in [-0.1, -0.05) is 19.3 Å². The van der Waals surface area contributed by atoms with Gasteiger partial charge in [-0.2, -0.15) is 0 Å². The zero-order valence-electron chi connectivity index (χ0n) is 19.6. The molecule has 0 spiro atoms. The van der Waals surface area contributed by atoms with E-state index < -0.39 is 0 Å². The number of hydrogen-bond donors (Lipinski definition) is 2. The molecule has 0 unspecified atom stereocenters. The van der Waals surface area contributed by atoms with Crippen molar-refractivity contribution in [1.29, 1.82) is 0 Å². The summed E-state index contributed by atoms with van der Waals surface area (Å²) in [4.78, 5) is 39.7. The number of carbonyl (C=O) groups is 3. The van der Waals surface area contributed by atoms with Gasteiger partial charge in [0.1, 0.15) is 18.5 Å². The summed E-state index contributed by atoms with van der Waals surface area (Å²) in [5, 5.41) is 5.81. The van der Waals surface area contributed by atoms with Crippen LogP contribution in [0.2, 0.25) is 0 Å². The highest BCUT2D eigenvalue weighted by molar-refractivity contribution is 6.00. The van der Waals surface area contributed by atoms with E-state index in [0.717, 1.165) is 32.1 Å². The molecule has 4 rings (SSSR count). The molecule has 2 fully saturated rings. The van der Waals surface area contributed by atoms with E-state index >= 15 is 0 Å². The molecule has 0 bridgehead atoms. The third kappa shape index (κ3) is 5.49. The zero-order chi connectivity index (χ0) is 23.4. The van der Waals surface area contributed by atoms with E-state index in [-0.39, 0.29) is 41.9 Å². The first-order valence-electron chi connectivity index (χ1n) is 12.2. The number of ether oxygens (including phenoxy) is 2. The Morgan fingerprint density at radius 1 is 1.12 bits per heavy atom. The Labute approximate surface area is 195 Å². The van der Waals surface area contributed by atoms with E-state index in [1.54, 1.807) is 30.1 Å². The van der Waals surface area contributed by atoms with Crippen LogP contribution in [-0.2, 0) is 14.3 Å². The van der Waals surface area contributed by atoms with Crippen molar-refractivity contribution in [2.75, 3.05) is 25.5 Å². The maximum atomic E-state index is 13.3. The Balaban J connectivity index is 1.46. The summed E-state index contributed by atoms with van der Waals surface area (Å²) in [6.07, 6.45) is 6.51. The second-order valence-electron chi connectivity index (χ2n) is 9.36. The molecule has 1 aromatic rings. The summed E-state index contributed by atoms with van der Waals surface area (Å²) in [6.45, 7) is 2.79. The van der Waals surface area contributed by atoms with E-state index in [4.69, 9.17) is 9.47 Å². The monoisotopic (exact) mass is 457 g/mol. The van der Waals surface area contributed by atoms with Crippen LogP contribution in [-0.4, -0.2) is 61.1 Å². The van der Waals surface area contributed by atoms with Crippen LogP contribution in [0.15, 0.2) is 18.2 Å². The average Bonchev–Trinajstić information content (AvgIpc) is 2.82. The minimum Gasteiger partial charge on any atom is -0.490 e. The first-order valence-corrected chi connectivity index (χ1v) is 12.2. The van der Waals surface area contributed by atoms with Crippen LogP contribution in [0.4, 0.5) is 5.69 Å². The maximum absolute atomic E-state index is 13.3. The van der Waals surface area contributed by atoms with Gasteiger partial charge in [-0.25, -0.2) is 0 Å². The third-order valence-electron chi connectivity index (χ3n) is 7.04. The summed E-state index contributed by atoms with van der Waals surface area (Å²) in [5.74, 6) is 0.379. The summed E-state index contributed by atoms with van der Waals surface area (Å²) < 4.78 is 12.2. The minimum atomic E-state index is -0.300. The van der Waals surface area contributed by atoms with Crippen LogP contribution in [0.1, 0.15) is 68.6 Å². The Bertz CT molecular complexity index is 883. The molecule has 3 atom stereocenters. The molecule has 1 aliphatic carbocycles. The topological polar surface area (TPSA) is 97.0 Å². The number of fused-ring (bicyclic) bond motifs is 2. The molecule has 1 saturated carbocycles. The van der Waals surface area contributed by atoms with Crippen molar-refractivity contribution >= 4 is 23.4 Å². The van der Waals surface area contributed by atoms with Gasteiger partial charge in [0.15, 0.2) is 0 Å². The van der Waals surface area contributed by atoms with Gasteiger partial charge in [-0.15, -0.1) is 0 Å². The highest BCUT2D eigenvalue weighted by Gasteiger charge is 2.39. The van der Waals surface area contributed by atoms with Gasteiger partial charge in [0.2, 0.25) is 11.8 Å². The summed E-state index contributed by atoms with van der Waals surface area (Å²) in [5.41, 5.74) is 1.07. The number of amides is 3. The molecule has 0 radical (unpaired) electrons. The van der Waals surface area contributed by atoms with Gasteiger partial charge in [-0.05, 0) is 50.8 Å². The lowest BCUT2D eigenvalue weighted by atomic mass is 9.88. The number of carbonyl (C=O) groups excluding carboxylic acids is 3. The van der Waals surface area contributed by atoms with Gasteiger partial charge in [0.05, 0.1) is 24.1 Å². The van der Waals surface area contributed by atoms with Gasteiger partial charge < -0.3 is 25.0 Å². The van der Waals surface area contributed by atoms with E-state index in [0.29, 0.717) is 43.0 Å². The van der Waals surface area contributed by atoms with Crippen molar-refractivity contribution in [3.05, 3.63) is 23.8 Å². The SMILES string of the molecule is CCNC(=O)C[C@H]1CC[C@H]2[C@H](COc3ccc(NC(=O)C4CCCCC4)cc3C(=O)N2C)O1. The molecular weight excluding hydrogens is 422 g/mol. The molecule has 1 aromatic carbocycles. The second kappa shape index (κ2) is 10.5. The highest BCUT2D eigenvalue weighted by Crippen LogP contribution is 2.33. The number of rotatable bonds is 5. The molecule has 0 aromatic heterocycles. The number of likely N-dealkylation sites (N-methyl/N-ethyl adjacent to an activating group) is 1. The number of nitrogens with zero attached hydrogens (tertiary/aromatic N) is 1. The fourth-order valence-electron chi connectivity index (χ4n) is 5.19. The quantitative estimate of drug-likeness (QED) is 0.708. The van der Waals surface area contributed by atoms with Crippen molar-refractivity contribution in [1.82, 2.24) is 10.2 Å². The highest BCUT2D eigenvalue weighted by atomic mass is 16.5. The lowest BCUT2D eigenvalue weighted by Gasteiger charge is -2.42. The van der Waals surface area contributed by atoms with Crippen LogP contribution >= 0.6 is 0 Å². The number of anilines is 1. The summed E-state index contributed by atoms with van der Waals surface area (Å²) >= 11 is 0. The predicted octanol–water partition coefficient (Wildman–Crippen LogP) is 3.11. The fourth-order valence-corrected chi connectivity index (χ4v) is 5.19. The second-order valence-corrected chi connectivity index (χ2v) is 9.36. The van der Waals surface area contributed by atoms with Gasteiger partial charge >= 0.3 is 0 Å². The Hall–Kier alpha value is -2.61. The van der Waals surface area contributed by atoms with Crippen molar-refractivity contribution in [3.8, 4) is 5.75 Å². The van der Waals surface area contributed by atoms with Crippen LogP contribution < -0.4 is 15.4 Å². The predicted molar refractivity (Wildman–Crippen MR) is 124 cm³/mol. The molecule has 2 heterocycles. The number of nitrogens with one attached hydrogen (secondary N) is 2. The van der Waals surface area contributed by atoms with Crippen molar-refractivity contribution in [2.24, 2.45) is 5.92 Å². The molecule has 2 N–H and O–H groups in total. The smallest absolute Gasteiger partial charge is 0.257 e. The van der Waals surface area contributed by atoms with Gasteiger partial charge in [0.25, 0.3) is 5.91 Å². The van der Waals surface area contributed by atoms with E-state index in [9.17, 15) is 14.4 Å². The lowest BCUT2D eigenvalue weighted by Crippen LogP contribution is -2.54. The summed E-state index contributed by atoms with van der Waals surface area (Å²) in [6, 6.07) is 5.12. The first-order chi connectivity index (χ1) is 16.0. The molecule has 3 amide bonds. The van der Waals surface area contributed by atoms with Gasteiger partial charge in [-0.3, -0.25) is 14.4 Å². The normalized spacial score (nSPS) is 25.7. The first kappa shape index (κ1) is 23.5. The molecule has 2 aliphatic heterocycles. The van der Waals surface area contributed by atoms with Crippen LogP contribution in [0.5, 0.6) is 5.75 Å². The standard InChI is InChI=1S/C25H35N3O5/c1-3-26-23(29)14-18-10-11-20-22(33-18)15-32-21-12-9-17(13-19(21)25(31)28(20)2)27-24(30)16-7-5-4-6-8-16/h9,12-13,16,18,20,22H,3-8,10-11,14-15H2,1-2H3,(H,26,29)(H,27,30)/t18-,20+,22+/m1/s1. The lowest BCUT2D eigenvalue weighted by molar-refractivity contribution is -0.134. The van der Waals surface area contributed by atoms with Crippen molar-refractivity contribution in [3.63, 3.8) is 0 Å². The average molecular weight is 458 g/mol. The largest absolute Gasteiger partial charge is 0.490 e. The third-order valence-corrected chi connectivity index (χ3v) is 7.04. The number of hydrogen-bond acceptors (Lipinski definition) is 5. The molecule has 8 heteroatoms. The molecule has 8 nitrogen and oxygen atoms in total. The molecule has 180 valence electrons. The van der Waals surface area contributed by atoms with E-state index in [1.807, 2.05) is 6.92 Å². The van der Waals surface area contributed by atoms with Crippen molar-refractivity contribution < 1.29 is 23.9 Å². The minimum absolute atomic E-state index is 0.0229. The number of benzene rings is 1. The molecular formula is C25H35N3O5. The Kier molecular flexibility index (Phi) is 7.53. The Morgan fingerprint density at radius 2 is 1.91 bits per heavy atom. The molecule has 1 saturated heterocycles. The molecule has 3 aliphatic rings.